The van der Waals surface area contributed by atoms with Crippen LogP contribution in [0.25, 0.3) is 0 Å². The second-order valence-corrected chi connectivity index (χ2v) is 8.13. The molecule has 2 aromatic rings. The van der Waals surface area contributed by atoms with Crippen molar-refractivity contribution in [3.8, 4) is 17.2 Å². The van der Waals surface area contributed by atoms with Gasteiger partial charge in [-0.05, 0) is 54.7 Å². The summed E-state index contributed by atoms with van der Waals surface area (Å²) in [6.45, 7) is 5.20. The Balaban J connectivity index is 1.75. The van der Waals surface area contributed by atoms with E-state index in [9.17, 15) is 9.59 Å². The zero-order valence-corrected chi connectivity index (χ0v) is 19.8. The highest BCUT2D eigenvalue weighted by Crippen LogP contribution is 2.33. The molecule has 33 heavy (non-hydrogen) atoms. The fourth-order valence-corrected chi connectivity index (χ4v) is 3.88. The minimum Gasteiger partial charge on any atom is -0.497 e. The van der Waals surface area contributed by atoms with Gasteiger partial charge in [0.2, 0.25) is 18.6 Å². The van der Waals surface area contributed by atoms with E-state index in [1.165, 1.54) is 0 Å². The van der Waals surface area contributed by atoms with Gasteiger partial charge < -0.3 is 24.4 Å². The van der Waals surface area contributed by atoms with Crippen molar-refractivity contribution in [1.82, 2.24) is 10.2 Å². The summed E-state index contributed by atoms with van der Waals surface area (Å²) in [5.41, 5.74) is 1.92. The molecular formula is C26H34N2O5. The number of ether oxygens (including phenoxy) is 3. The first kappa shape index (κ1) is 24.4. The summed E-state index contributed by atoms with van der Waals surface area (Å²) in [7, 11) is 1.61. The third-order valence-corrected chi connectivity index (χ3v) is 5.77. The molecule has 0 aromatic heterocycles. The zero-order valence-electron chi connectivity index (χ0n) is 19.8. The van der Waals surface area contributed by atoms with Crippen molar-refractivity contribution in [2.45, 2.75) is 58.5 Å². The lowest BCUT2D eigenvalue weighted by Gasteiger charge is -2.31. The lowest BCUT2D eigenvalue weighted by molar-refractivity contribution is -0.141. The summed E-state index contributed by atoms with van der Waals surface area (Å²) in [5, 5.41) is 2.99. The summed E-state index contributed by atoms with van der Waals surface area (Å²) < 4.78 is 16.1. The molecule has 2 aromatic carbocycles. The maximum absolute atomic E-state index is 13.4. The number of amides is 2. The molecule has 1 heterocycles. The van der Waals surface area contributed by atoms with Crippen molar-refractivity contribution in [3.63, 3.8) is 0 Å². The van der Waals surface area contributed by atoms with Gasteiger partial charge in [-0.3, -0.25) is 9.59 Å². The number of rotatable bonds is 12. The Morgan fingerprint density at radius 1 is 1.09 bits per heavy atom. The molecule has 1 atom stereocenters. The van der Waals surface area contributed by atoms with E-state index in [4.69, 9.17) is 14.2 Å². The van der Waals surface area contributed by atoms with Gasteiger partial charge in [0.15, 0.2) is 11.5 Å². The van der Waals surface area contributed by atoms with E-state index in [0.29, 0.717) is 38.1 Å². The lowest BCUT2D eigenvalue weighted by atomic mass is 10.1. The highest BCUT2D eigenvalue weighted by Gasteiger charge is 2.28. The average Bonchev–Trinajstić information content (AvgIpc) is 3.30. The van der Waals surface area contributed by atoms with E-state index in [1.54, 1.807) is 12.0 Å². The van der Waals surface area contributed by atoms with Crippen LogP contribution >= 0.6 is 0 Å². The number of benzene rings is 2. The predicted molar refractivity (Wildman–Crippen MR) is 126 cm³/mol. The summed E-state index contributed by atoms with van der Waals surface area (Å²) in [6.07, 6.45) is 3.30. The summed E-state index contributed by atoms with van der Waals surface area (Å²) in [5.74, 6) is 1.98. The summed E-state index contributed by atoms with van der Waals surface area (Å²) in [4.78, 5) is 28.1. The topological polar surface area (TPSA) is 77.1 Å². The van der Waals surface area contributed by atoms with Crippen molar-refractivity contribution < 1.29 is 23.8 Å². The van der Waals surface area contributed by atoms with Crippen LogP contribution in [0, 0.1) is 0 Å². The number of fused-ring (bicyclic) bond motifs is 1. The largest absolute Gasteiger partial charge is 0.497 e. The van der Waals surface area contributed by atoms with E-state index in [2.05, 4.69) is 12.2 Å². The van der Waals surface area contributed by atoms with Crippen LogP contribution in [0.2, 0.25) is 0 Å². The van der Waals surface area contributed by atoms with Gasteiger partial charge in [-0.25, -0.2) is 0 Å². The normalized spacial score (nSPS) is 12.8. The quantitative estimate of drug-likeness (QED) is 0.489. The van der Waals surface area contributed by atoms with Gasteiger partial charge in [-0.1, -0.05) is 38.5 Å². The van der Waals surface area contributed by atoms with Crippen LogP contribution in [-0.2, 0) is 22.6 Å². The summed E-state index contributed by atoms with van der Waals surface area (Å²) >= 11 is 0. The van der Waals surface area contributed by atoms with Crippen LogP contribution in [0.1, 0.15) is 50.7 Å². The SMILES string of the molecule is CCCCNC(=O)[C@@H](CC)N(Cc1cccc(OC)c1)C(=O)CCc1ccc2c(c1)OCO2. The van der Waals surface area contributed by atoms with E-state index in [1.807, 2.05) is 49.4 Å². The Kier molecular flexibility index (Phi) is 8.98. The third kappa shape index (κ3) is 6.63. The Bertz CT molecular complexity index is 946. The van der Waals surface area contributed by atoms with Crippen LogP contribution < -0.4 is 19.5 Å². The number of nitrogens with zero attached hydrogens (tertiary/aromatic N) is 1. The molecule has 1 aliphatic heterocycles. The van der Waals surface area contributed by atoms with E-state index < -0.39 is 6.04 Å². The number of unbranched alkanes of at least 4 members (excludes halogenated alkanes) is 1. The number of carbonyl (C=O) groups is 2. The molecule has 0 spiro atoms. The lowest BCUT2D eigenvalue weighted by Crippen LogP contribution is -2.49. The number of hydrogen-bond acceptors (Lipinski definition) is 5. The van der Waals surface area contributed by atoms with E-state index in [0.717, 1.165) is 35.5 Å². The minimum atomic E-state index is -0.530. The molecule has 0 fully saturated rings. The first-order chi connectivity index (χ1) is 16.0. The van der Waals surface area contributed by atoms with Gasteiger partial charge in [-0.2, -0.15) is 0 Å². The van der Waals surface area contributed by atoms with Crippen LogP contribution in [0.15, 0.2) is 42.5 Å². The second kappa shape index (κ2) is 12.1. The molecule has 7 nitrogen and oxygen atoms in total. The van der Waals surface area contributed by atoms with Crippen molar-refractivity contribution in [2.75, 3.05) is 20.4 Å². The summed E-state index contributed by atoms with van der Waals surface area (Å²) in [6, 6.07) is 12.8. The maximum Gasteiger partial charge on any atom is 0.242 e. The van der Waals surface area contributed by atoms with Crippen molar-refractivity contribution in [3.05, 3.63) is 53.6 Å². The van der Waals surface area contributed by atoms with Gasteiger partial charge in [0.25, 0.3) is 0 Å². The first-order valence-corrected chi connectivity index (χ1v) is 11.6. The van der Waals surface area contributed by atoms with Crippen LogP contribution in [0.5, 0.6) is 17.2 Å². The number of carbonyl (C=O) groups excluding carboxylic acids is 2. The molecule has 0 bridgehead atoms. The van der Waals surface area contributed by atoms with Crippen LogP contribution in [0.4, 0.5) is 0 Å². The first-order valence-electron chi connectivity index (χ1n) is 11.6. The highest BCUT2D eigenvalue weighted by atomic mass is 16.7. The van der Waals surface area contributed by atoms with Crippen LogP contribution in [-0.4, -0.2) is 43.2 Å². The minimum absolute atomic E-state index is 0.0621. The molecule has 0 radical (unpaired) electrons. The Morgan fingerprint density at radius 2 is 1.91 bits per heavy atom. The van der Waals surface area contributed by atoms with Crippen molar-refractivity contribution in [1.29, 1.82) is 0 Å². The molecule has 1 aliphatic rings. The Morgan fingerprint density at radius 3 is 2.67 bits per heavy atom. The van der Waals surface area contributed by atoms with E-state index in [-0.39, 0.29) is 18.6 Å². The second-order valence-electron chi connectivity index (χ2n) is 8.13. The average molecular weight is 455 g/mol. The molecule has 0 saturated heterocycles. The predicted octanol–water partition coefficient (Wildman–Crippen LogP) is 4.08. The standard InChI is InChI=1S/C26H34N2O5/c1-4-6-14-27-26(30)22(5-2)28(17-20-8-7-9-21(15-20)31-3)25(29)13-11-19-10-12-23-24(16-19)33-18-32-23/h7-10,12,15-16,22H,4-6,11,13-14,17-18H2,1-3H3,(H,27,30)/t22-/m1/s1. The van der Waals surface area contributed by atoms with Crippen molar-refractivity contribution in [2.24, 2.45) is 0 Å². The van der Waals surface area contributed by atoms with Gasteiger partial charge in [-0.15, -0.1) is 0 Å². The van der Waals surface area contributed by atoms with E-state index >= 15 is 0 Å². The van der Waals surface area contributed by atoms with Gasteiger partial charge >= 0.3 is 0 Å². The molecule has 2 amide bonds. The molecule has 1 N–H and O–H groups in total. The molecule has 3 rings (SSSR count). The fourth-order valence-electron chi connectivity index (χ4n) is 3.88. The monoisotopic (exact) mass is 454 g/mol. The molecular weight excluding hydrogens is 420 g/mol. The Labute approximate surface area is 196 Å². The smallest absolute Gasteiger partial charge is 0.242 e. The van der Waals surface area contributed by atoms with Gasteiger partial charge in [0, 0.05) is 19.5 Å². The molecule has 0 saturated carbocycles. The van der Waals surface area contributed by atoms with Gasteiger partial charge in [0.1, 0.15) is 11.8 Å². The number of methoxy groups -OCH3 is 1. The molecule has 178 valence electrons. The molecule has 0 unspecified atom stereocenters. The number of nitrogens with one attached hydrogen (secondary N) is 1. The Hall–Kier alpha value is -3.22. The van der Waals surface area contributed by atoms with Crippen LogP contribution in [0.3, 0.4) is 0 Å². The van der Waals surface area contributed by atoms with Crippen molar-refractivity contribution >= 4 is 11.8 Å². The highest BCUT2D eigenvalue weighted by molar-refractivity contribution is 5.87. The van der Waals surface area contributed by atoms with Gasteiger partial charge in [0.05, 0.1) is 7.11 Å². The zero-order chi connectivity index (χ0) is 23.6. The number of aryl methyl sites for hydroxylation is 1. The fraction of sp³-hybridized carbons (Fsp3) is 0.462. The maximum atomic E-state index is 13.4. The number of hydrogen-bond donors (Lipinski definition) is 1. The molecule has 0 aliphatic carbocycles. The third-order valence-electron chi connectivity index (χ3n) is 5.77. The molecule has 7 heteroatoms.